The van der Waals surface area contributed by atoms with E-state index in [0.717, 1.165) is 43.0 Å². The zero-order chi connectivity index (χ0) is 22.0. The molecule has 3 fully saturated rings. The van der Waals surface area contributed by atoms with Crippen molar-refractivity contribution >= 4 is 17.1 Å². The van der Waals surface area contributed by atoms with Gasteiger partial charge in [-0.3, -0.25) is 18.5 Å². The third-order valence-electron chi connectivity index (χ3n) is 8.10. The topological polar surface area (TPSA) is 77.1 Å². The average Bonchev–Trinajstić information content (AvgIpc) is 3.50. The molecular weight excluding hydrogens is 404 g/mol. The molecule has 3 aromatic rings. The molecule has 1 saturated heterocycles. The molecule has 3 aliphatic rings. The summed E-state index contributed by atoms with van der Waals surface area (Å²) in [5.74, 6) is 2.36. The third kappa shape index (κ3) is 2.81. The maximum absolute atomic E-state index is 13.2. The Morgan fingerprint density at radius 2 is 1.94 bits per heavy atom. The Labute approximate surface area is 186 Å². The Bertz CT molecular complexity index is 1310. The molecule has 2 saturated carbocycles. The first kappa shape index (κ1) is 19.8. The Hall–Kier alpha value is -2.87. The van der Waals surface area contributed by atoms with E-state index in [4.69, 9.17) is 4.98 Å². The van der Waals surface area contributed by atoms with Gasteiger partial charge in [-0.1, -0.05) is 36.8 Å². The number of hydrogen-bond acceptors (Lipinski definition) is 5. The van der Waals surface area contributed by atoms with Crippen molar-refractivity contribution < 1.29 is 0 Å². The molecule has 1 N–H and O–H groups in total. The zero-order valence-electron chi connectivity index (χ0n) is 18.8. The number of hydrogen-bond donors (Lipinski definition) is 1. The van der Waals surface area contributed by atoms with Gasteiger partial charge in [0, 0.05) is 39.3 Å². The van der Waals surface area contributed by atoms with Crippen LogP contribution in [0.15, 0.2) is 39.9 Å². The number of aryl methyl sites for hydroxylation is 1. The van der Waals surface area contributed by atoms with Crippen LogP contribution >= 0.6 is 0 Å². The average molecular weight is 435 g/mol. The third-order valence-corrected chi connectivity index (χ3v) is 8.10. The Morgan fingerprint density at radius 3 is 2.66 bits per heavy atom. The van der Waals surface area contributed by atoms with Crippen LogP contribution in [0.2, 0.25) is 0 Å². The maximum atomic E-state index is 13.2. The molecule has 2 aromatic heterocycles. The molecule has 32 heavy (non-hydrogen) atoms. The Balaban J connectivity index is 1.51. The van der Waals surface area contributed by atoms with Crippen LogP contribution in [-0.4, -0.2) is 43.9 Å². The fraction of sp³-hybridized carbons (Fsp3) is 0.542. The van der Waals surface area contributed by atoms with Gasteiger partial charge >= 0.3 is 5.69 Å². The van der Waals surface area contributed by atoms with Gasteiger partial charge in [0.1, 0.15) is 0 Å². The van der Waals surface area contributed by atoms with Gasteiger partial charge in [0.25, 0.3) is 5.56 Å². The van der Waals surface area contributed by atoms with E-state index in [1.807, 2.05) is 22.8 Å². The highest BCUT2D eigenvalue weighted by Crippen LogP contribution is 2.51. The van der Waals surface area contributed by atoms with Gasteiger partial charge in [-0.15, -0.1) is 0 Å². The lowest BCUT2D eigenvalue weighted by atomic mass is 9.79. The molecule has 8 heteroatoms. The summed E-state index contributed by atoms with van der Waals surface area (Å²) in [7, 11) is 3.24. The standard InChI is InChI=1S/C24H30N6O2/c1-27-20-19(21(31)28(2)23(27)32)30(14-16-6-4-3-5-7-16)22(26-20)29-11-10-25-24(15-29)13-17-8-9-18(24)12-17/h3-7,17-18,25H,8-15H2,1-2H3. The number of nitrogens with one attached hydrogen (secondary N) is 1. The highest BCUT2D eigenvalue weighted by Gasteiger charge is 2.52. The number of nitrogens with zero attached hydrogens (tertiary/aromatic N) is 5. The van der Waals surface area contributed by atoms with Crippen molar-refractivity contribution in [3.8, 4) is 0 Å². The summed E-state index contributed by atoms with van der Waals surface area (Å²) in [5, 5.41) is 3.87. The highest BCUT2D eigenvalue weighted by molar-refractivity contribution is 5.75. The van der Waals surface area contributed by atoms with Crippen LogP contribution in [0.25, 0.3) is 11.2 Å². The van der Waals surface area contributed by atoms with E-state index in [2.05, 4.69) is 22.3 Å². The van der Waals surface area contributed by atoms with Crippen molar-refractivity contribution in [1.29, 1.82) is 0 Å². The van der Waals surface area contributed by atoms with Crippen LogP contribution in [0.3, 0.4) is 0 Å². The number of imidazole rings is 1. The van der Waals surface area contributed by atoms with Crippen LogP contribution in [0, 0.1) is 11.8 Å². The van der Waals surface area contributed by atoms with Crippen molar-refractivity contribution in [2.45, 2.75) is 37.8 Å². The molecule has 3 heterocycles. The molecule has 168 valence electrons. The molecule has 2 bridgehead atoms. The fourth-order valence-corrected chi connectivity index (χ4v) is 6.53. The van der Waals surface area contributed by atoms with Crippen LogP contribution in [0.5, 0.6) is 0 Å². The second-order valence-electron chi connectivity index (χ2n) is 9.95. The number of fused-ring (bicyclic) bond motifs is 4. The lowest BCUT2D eigenvalue weighted by Gasteiger charge is -2.47. The molecule has 1 spiro atoms. The molecule has 6 rings (SSSR count). The largest absolute Gasteiger partial charge is 0.339 e. The first-order valence-corrected chi connectivity index (χ1v) is 11.7. The number of anilines is 1. The van der Waals surface area contributed by atoms with E-state index in [9.17, 15) is 9.59 Å². The van der Waals surface area contributed by atoms with Gasteiger partial charge in [-0.05, 0) is 36.7 Å². The molecule has 1 aliphatic heterocycles. The quantitative estimate of drug-likeness (QED) is 0.675. The second kappa shape index (κ2) is 7.07. The summed E-state index contributed by atoms with van der Waals surface area (Å²) in [6.45, 7) is 3.20. The summed E-state index contributed by atoms with van der Waals surface area (Å²) in [6.07, 6.45) is 5.23. The molecule has 3 unspecified atom stereocenters. The van der Waals surface area contributed by atoms with Crippen LogP contribution in [-0.2, 0) is 20.6 Å². The summed E-state index contributed by atoms with van der Waals surface area (Å²) >= 11 is 0. The minimum Gasteiger partial charge on any atom is -0.339 e. The first-order chi connectivity index (χ1) is 15.5. The first-order valence-electron chi connectivity index (χ1n) is 11.7. The Morgan fingerprint density at radius 1 is 1.12 bits per heavy atom. The van der Waals surface area contributed by atoms with Crippen molar-refractivity contribution in [1.82, 2.24) is 24.0 Å². The minimum absolute atomic E-state index is 0.147. The molecule has 0 radical (unpaired) electrons. The van der Waals surface area contributed by atoms with E-state index in [1.54, 1.807) is 14.1 Å². The second-order valence-corrected chi connectivity index (χ2v) is 9.95. The number of benzene rings is 1. The van der Waals surface area contributed by atoms with Crippen molar-refractivity contribution in [3.05, 3.63) is 56.7 Å². The Kier molecular flexibility index (Phi) is 4.37. The minimum atomic E-state index is -0.344. The summed E-state index contributed by atoms with van der Waals surface area (Å²) < 4.78 is 4.71. The van der Waals surface area contributed by atoms with E-state index in [1.165, 1.54) is 34.8 Å². The maximum Gasteiger partial charge on any atom is 0.332 e. The number of aromatic nitrogens is 4. The van der Waals surface area contributed by atoms with Gasteiger partial charge in [-0.2, -0.15) is 4.98 Å². The summed E-state index contributed by atoms with van der Waals surface area (Å²) in [4.78, 5) is 33.1. The number of rotatable bonds is 3. The summed E-state index contributed by atoms with van der Waals surface area (Å²) in [6, 6.07) is 10.1. The summed E-state index contributed by atoms with van der Waals surface area (Å²) in [5.41, 5.74) is 1.58. The number of piperazine rings is 1. The lowest BCUT2D eigenvalue weighted by molar-refractivity contribution is 0.193. The molecule has 3 atom stereocenters. The fourth-order valence-electron chi connectivity index (χ4n) is 6.53. The van der Waals surface area contributed by atoms with Gasteiger partial charge in [0.2, 0.25) is 5.95 Å². The normalized spacial score (nSPS) is 27.1. The van der Waals surface area contributed by atoms with Gasteiger partial charge in [0.05, 0.1) is 6.54 Å². The predicted molar refractivity (Wildman–Crippen MR) is 124 cm³/mol. The highest BCUT2D eigenvalue weighted by atomic mass is 16.2. The SMILES string of the molecule is Cn1c(=O)c2c(nc(N3CCNC4(CC5CCC4C5)C3)n2Cc2ccccc2)n(C)c1=O. The monoisotopic (exact) mass is 434 g/mol. The molecule has 8 nitrogen and oxygen atoms in total. The molecule has 1 aromatic carbocycles. The van der Waals surface area contributed by atoms with E-state index in [-0.39, 0.29) is 16.8 Å². The molecular formula is C24H30N6O2. The van der Waals surface area contributed by atoms with Crippen LogP contribution < -0.4 is 21.5 Å². The van der Waals surface area contributed by atoms with E-state index < -0.39 is 0 Å². The lowest BCUT2D eigenvalue weighted by Crippen LogP contribution is -2.63. The van der Waals surface area contributed by atoms with Crippen molar-refractivity contribution in [2.24, 2.45) is 25.9 Å². The van der Waals surface area contributed by atoms with Gasteiger partial charge in [0.15, 0.2) is 11.2 Å². The van der Waals surface area contributed by atoms with Crippen molar-refractivity contribution in [2.75, 3.05) is 24.5 Å². The van der Waals surface area contributed by atoms with Crippen molar-refractivity contribution in [3.63, 3.8) is 0 Å². The van der Waals surface area contributed by atoms with Gasteiger partial charge in [-0.25, -0.2) is 4.79 Å². The van der Waals surface area contributed by atoms with E-state index in [0.29, 0.717) is 17.7 Å². The van der Waals surface area contributed by atoms with Crippen LogP contribution in [0.1, 0.15) is 31.2 Å². The van der Waals surface area contributed by atoms with E-state index >= 15 is 0 Å². The van der Waals surface area contributed by atoms with Gasteiger partial charge < -0.3 is 10.2 Å². The molecule has 2 aliphatic carbocycles. The smallest absolute Gasteiger partial charge is 0.332 e. The predicted octanol–water partition coefficient (Wildman–Crippen LogP) is 1.45. The zero-order valence-corrected chi connectivity index (χ0v) is 18.8. The molecule has 0 amide bonds. The van der Waals surface area contributed by atoms with Crippen LogP contribution in [0.4, 0.5) is 5.95 Å².